The lowest BCUT2D eigenvalue weighted by atomic mass is 10.1. The van der Waals surface area contributed by atoms with Gasteiger partial charge in [-0.3, -0.25) is 9.69 Å². The maximum Gasteiger partial charge on any atom is 0.573 e. The third-order valence-corrected chi connectivity index (χ3v) is 8.02. The van der Waals surface area contributed by atoms with Crippen LogP contribution in [0.2, 0.25) is 0 Å². The van der Waals surface area contributed by atoms with Gasteiger partial charge in [0.05, 0.1) is 17.1 Å². The second-order valence-corrected chi connectivity index (χ2v) is 10.9. The van der Waals surface area contributed by atoms with Crippen molar-refractivity contribution in [2.24, 2.45) is 4.99 Å². The number of aromatic nitrogens is 3. The van der Waals surface area contributed by atoms with Crippen LogP contribution in [0.5, 0.6) is 5.75 Å². The standard InChI is InChI=1S/C30H25F3N6O3S/c1-2-18-5-3-4-6-25(18)39-26(40)16-43-29(39)36-28(41)35-24-15-23(24)19-7-9-20(10-8-19)27-34-17-38(37-27)21-11-13-22(14-12-21)42-30(31,32)33/h3-14,17,23-24H,2,15-16H2,1H3,(H,35,41). The molecule has 4 aromatic rings. The van der Waals surface area contributed by atoms with Gasteiger partial charge in [-0.05, 0) is 54.3 Å². The number of carbonyl (C=O) groups excluding carboxylic acids is 2. The van der Waals surface area contributed by atoms with Gasteiger partial charge in [-0.2, -0.15) is 4.99 Å². The van der Waals surface area contributed by atoms with Crippen molar-refractivity contribution in [1.82, 2.24) is 20.1 Å². The summed E-state index contributed by atoms with van der Waals surface area (Å²) in [5.74, 6) is 0.405. The molecule has 2 heterocycles. The first-order valence-corrected chi connectivity index (χ1v) is 14.5. The van der Waals surface area contributed by atoms with Crippen molar-refractivity contribution < 1.29 is 27.5 Å². The molecule has 0 radical (unpaired) electrons. The van der Waals surface area contributed by atoms with Gasteiger partial charge >= 0.3 is 12.4 Å². The number of thioether (sulfide) groups is 1. The average molecular weight is 607 g/mol. The van der Waals surface area contributed by atoms with Crippen LogP contribution in [0.3, 0.4) is 0 Å². The quantitative estimate of drug-likeness (QED) is 0.273. The van der Waals surface area contributed by atoms with Crippen molar-refractivity contribution in [3.05, 3.63) is 90.3 Å². The third kappa shape index (κ3) is 6.41. The summed E-state index contributed by atoms with van der Waals surface area (Å²) in [5.41, 5.74) is 4.10. The molecular formula is C30H25F3N6O3S. The molecule has 220 valence electrons. The monoisotopic (exact) mass is 606 g/mol. The first-order valence-electron chi connectivity index (χ1n) is 13.5. The summed E-state index contributed by atoms with van der Waals surface area (Å²) in [5, 5.41) is 7.76. The van der Waals surface area contributed by atoms with E-state index >= 15 is 0 Å². The number of benzene rings is 3. The number of para-hydroxylation sites is 1. The number of amidine groups is 1. The zero-order valence-electron chi connectivity index (χ0n) is 22.8. The molecule has 2 atom stereocenters. The van der Waals surface area contributed by atoms with E-state index in [0.717, 1.165) is 35.2 Å². The number of rotatable bonds is 7. The summed E-state index contributed by atoms with van der Waals surface area (Å²) >= 11 is 1.25. The fourth-order valence-corrected chi connectivity index (χ4v) is 5.77. The van der Waals surface area contributed by atoms with E-state index in [2.05, 4.69) is 25.1 Å². The highest BCUT2D eigenvalue weighted by Gasteiger charge is 2.40. The molecule has 1 aliphatic carbocycles. The summed E-state index contributed by atoms with van der Waals surface area (Å²) in [6.07, 6.45) is -1.75. The number of amides is 3. The molecule has 2 aliphatic rings. The minimum atomic E-state index is -4.76. The van der Waals surface area contributed by atoms with Crippen molar-refractivity contribution >= 4 is 34.6 Å². The van der Waals surface area contributed by atoms with Crippen LogP contribution in [-0.4, -0.2) is 50.0 Å². The Kier molecular flexibility index (Phi) is 7.65. The molecular weight excluding hydrogens is 581 g/mol. The highest BCUT2D eigenvalue weighted by molar-refractivity contribution is 8.15. The molecule has 43 heavy (non-hydrogen) atoms. The van der Waals surface area contributed by atoms with E-state index in [1.54, 1.807) is 0 Å². The highest BCUT2D eigenvalue weighted by Crippen LogP contribution is 2.41. The summed E-state index contributed by atoms with van der Waals surface area (Å²) in [7, 11) is 0. The van der Waals surface area contributed by atoms with Crippen molar-refractivity contribution in [2.45, 2.75) is 38.1 Å². The molecule has 1 saturated heterocycles. The first kappa shape index (κ1) is 28.5. The largest absolute Gasteiger partial charge is 0.573 e. The summed E-state index contributed by atoms with van der Waals surface area (Å²) in [6.45, 7) is 2.02. The molecule has 0 spiro atoms. The van der Waals surface area contributed by atoms with E-state index in [4.69, 9.17) is 0 Å². The number of aliphatic imine (C=N–C) groups is 1. The summed E-state index contributed by atoms with van der Waals surface area (Å²) < 4.78 is 42.6. The molecule has 3 aromatic carbocycles. The Morgan fingerprint density at radius 3 is 2.56 bits per heavy atom. The number of ether oxygens (including phenoxy) is 1. The van der Waals surface area contributed by atoms with E-state index in [0.29, 0.717) is 16.7 Å². The SMILES string of the molecule is CCc1ccccc1N1C(=O)CSC1=NC(=O)NC1CC1c1ccc(-c2ncn(-c3ccc(OC(F)(F)F)cc3)n2)cc1. The van der Waals surface area contributed by atoms with E-state index in [-0.39, 0.29) is 29.4 Å². The lowest BCUT2D eigenvalue weighted by Gasteiger charge is -2.19. The van der Waals surface area contributed by atoms with Gasteiger partial charge in [0.2, 0.25) is 5.91 Å². The van der Waals surface area contributed by atoms with Gasteiger partial charge in [-0.15, -0.1) is 18.3 Å². The number of alkyl halides is 3. The van der Waals surface area contributed by atoms with Crippen molar-refractivity contribution in [3.8, 4) is 22.8 Å². The lowest BCUT2D eigenvalue weighted by molar-refractivity contribution is -0.274. The second-order valence-electron chi connectivity index (χ2n) is 9.97. The number of nitrogens with zero attached hydrogens (tertiary/aromatic N) is 5. The molecule has 1 N–H and O–H groups in total. The number of hydrogen-bond donors (Lipinski definition) is 1. The minimum absolute atomic E-state index is 0.0668. The van der Waals surface area contributed by atoms with Crippen molar-refractivity contribution in [3.63, 3.8) is 0 Å². The number of halogens is 3. The van der Waals surface area contributed by atoms with Crippen LogP contribution in [0, 0.1) is 0 Å². The predicted octanol–water partition coefficient (Wildman–Crippen LogP) is 6.10. The van der Waals surface area contributed by atoms with Crippen LogP contribution in [0.25, 0.3) is 17.1 Å². The van der Waals surface area contributed by atoms with Crippen LogP contribution < -0.4 is 15.0 Å². The highest BCUT2D eigenvalue weighted by atomic mass is 32.2. The Morgan fingerprint density at radius 2 is 1.84 bits per heavy atom. The Bertz CT molecular complexity index is 1690. The van der Waals surface area contributed by atoms with Crippen LogP contribution >= 0.6 is 11.8 Å². The molecule has 6 rings (SSSR count). The molecule has 2 unspecified atom stereocenters. The van der Waals surface area contributed by atoms with Crippen LogP contribution in [0.1, 0.15) is 30.4 Å². The summed E-state index contributed by atoms with van der Waals surface area (Å²) in [4.78, 5) is 35.5. The topological polar surface area (TPSA) is 102 Å². The fraction of sp³-hybridized carbons (Fsp3) is 0.233. The van der Waals surface area contributed by atoms with Gasteiger partial charge < -0.3 is 10.1 Å². The zero-order valence-corrected chi connectivity index (χ0v) is 23.6. The van der Waals surface area contributed by atoms with Gasteiger partial charge in [0.25, 0.3) is 0 Å². The van der Waals surface area contributed by atoms with E-state index in [1.165, 1.54) is 51.9 Å². The normalized spacial score (nSPS) is 19.1. The molecule has 1 saturated carbocycles. The maximum atomic E-state index is 12.8. The van der Waals surface area contributed by atoms with Crippen LogP contribution in [-0.2, 0) is 11.2 Å². The fourth-order valence-electron chi connectivity index (χ4n) is 4.91. The van der Waals surface area contributed by atoms with E-state index in [1.807, 2.05) is 55.5 Å². The van der Waals surface area contributed by atoms with Crippen LogP contribution in [0.4, 0.5) is 23.7 Å². The Labute approximate surface area is 248 Å². The number of aryl methyl sites for hydroxylation is 1. The van der Waals surface area contributed by atoms with Gasteiger partial charge in [0.1, 0.15) is 12.1 Å². The maximum absolute atomic E-state index is 12.8. The molecule has 1 aromatic heterocycles. The van der Waals surface area contributed by atoms with Crippen molar-refractivity contribution in [2.75, 3.05) is 10.7 Å². The van der Waals surface area contributed by atoms with Gasteiger partial charge in [-0.1, -0.05) is 61.2 Å². The van der Waals surface area contributed by atoms with Gasteiger partial charge in [0, 0.05) is 17.5 Å². The summed E-state index contributed by atoms with van der Waals surface area (Å²) in [6, 6.07) is 20.1. The Morgan fingerprint density at radius 1 is 1.09 bits per heavy atom. The van der Waals surface area contributed by atoms with Gasteiger partial charge in [0.15, 0.2) is 11.0 Å². The van der Waals surface area contributed by atoms with Gasteiger partial charge in [-0.25, -0.2) is 14.5 Å². The lowest BCUT2D eigenvalue weighted by Crippen LogP contribution is -2.32. The zero-order chi connectivity index (χ0) is 30.1. The molecule has 13 heteroatoms. The molecule has 1 aliphatic heterocycles. The Hall–Kier alpha value is -4.65. The van der Waals surface area contributed by atoms with Crippen molar-refractivity contribution in [1.29, 1.82) is 0 Å². The Balaban J connectivity index is 1.07. The van der Waals surface area contributed by atoms with E-state index < -0.39 is 12.4 Å². The average Bonchev–Trinajstić information content (AvgIpc) is 3.39. The first-order chi connectivity index (χ1) is 20.7. The molecule has 3 amide bonds. The number of hydrogen-bond acceptors (Lipinski definition) is 6. The number of anilines is 1. The molecule has 2 fully saturated rings. The number of nitrogens with one attached hydrogen (secondary N) is 1. The smallest absolute Gasteiger partial charge is 0.406 e. The van der Waals surface area contributed by atoms with Crippen LogP contribution in [0.15, 0.2) is 84.1 Å². The van der Waals surface area contributed by atoms with E-state index in [9.17, 15) is 22.8 Å². The minimum Gasteiger partial charge on any atom is -0.406 e. The second kappa shape index (κ2) is 11.6. The number of urea groups is 1. The number of carbonyl (C=O) groups is 2. The molecule has 0 bridgehead atoms. The molecule has 9 nitrogen and oxygen atoms in total. The predicted molar refractivity (Wildman–Crippen MR) is 156 cm³/mol. The third-order valence-electron chi connectivity index (χ3n) is 7.10.